The van der Waals surface area contributed by atoms with E-state index in [1.165, 1.54) is 12.1 Å². The highest BCUT2D eigenvalue weighted by atomic mass is 32.2. The van der Waals surface area contributed by atoms with Crippen LogP contribution in [0, 0.1) is 0 Å². The van der Waals surface area contributed by atoms with Gasteiger partial charge >= 0.3 is 12.1 Å². The lowest BCUT2D eigenvalue weighted by Crippen LogP contribution is -2.26. The lowest BCUT2D eigenvalue weighted by atomic mass is 10.1. The second kappa shape index (κ2) is 6.82. The molecule has 0 aliphatic carbocycles. The quantitative estimate of drug-likeness (QED) is 0.646. The van der Waals surface area contributed by atoms with E-state index in [0.717, 1.165) is 30.1 Å². The van der Waals surface area contributed by atoms with E-state index in [1.807, 2.05) is 0 Å². The molecule has 0 saturated carbocycles. The van der Waals surface area contributed by atoms with Gasteiger partial charge in [-0.1, -0.05) is 23.9 Å². The number of aliphatic carboxylic acids is 1. The summed E-state index contributed by atoms with van der Waals surface area (Å²) in [6.07, 6.45) is -3.69. The van der Waals surface area contributed by atoms with Gasteiger partial charge in [0, 0.05) is 0 Å². The van der Waals surface area contributed by atoms with E-state index in [9.17, 15) is 22.8 Å². The number of halogens is 3. The van der Waals surface area contributed by atoms with Crippen molar-refractivity contribution in [3.8, 4) is 0 Å². The standard InChI is InChI=1S/C13H10F3N3O3S/c14-13(15,16)8-3-1-2-7(4-8)6-17-19-12-18-11(22)9(23-12)5-10(20)21/h1-4,6,9H,5H2,(H,20,21)(H,18,19,22)/b17-6-. The molecular weight excluding hydrogens is 335 g/mol. The van der Waals surface area contributed by atoms with Gasteiger partial charge < -0.3 is 10.4 Å². The van der Waals surface area contributed by atoms with Crippen LogP contribution < -0.4 is 5.32 Å². The van der Waals surface area contributed by atoms with Crippen LogP contribution in [0.1, 0.15) is 17.5 Å². The van der Waals surface area contributed by atoms with Crippen molar-refractivity contribution in [2.24, 2.45) is 10.2 Å². The first-order valence-electron chi connectivity index (χ1n) is 6.23. The van der Waals surface area contributed by atoms with E-state index in [4.69, 9.17) is 5.11 Å². The third kappa shape index (κ3) is 4.81. The van der Waals surface area contributed by atoms with Gasteiger partial charge in [0.15, 0.2) is 5.17 Å². The largest absolute Gasteiger partial charge is 0.481 e. The number of amidine groups is 1. The normalized spacial score (nSPS) is 20.2. The number of hydrogen-bond acceptors (Lipinski definition) is 5. The minimum atomic E-state index is -4.45. The van der Waals surface area contributed by atoms with Gasteiger partial charge in [-0.2, -0.15) is 18.3 Å². The van der Waals surface area contributed by atoms with Crippen molar-refractivity contribution in [3.05, 3.63) is 35.4 Å². The predicted octanol–water partition coefficient (Wildman–Crippen LogP) is 2.10. The fourth-order valence-corrected chi connectivity index (χ4v) is 2.60. The van der Waals surface area contributed by atoms with Crippen molar-refractivity contribution < 1.29 is 27.9 Å². The molecule has 1 fully saturated rings. The highest BCUT2D eigenvalue weighted by molar-refractivity contribution is 8.15. The summed E-state index contributed by atoms with van der Waals surface area (Å²) < 4.78 is 37.7. The van der Waals surface area contributed by atoms with Crippen LogP contribution in [0.2, 0.25) is 0 Å². The summed E-state index contributed by atoms with van der Waals surface area (Å²) in [4.78, 5) is 22.0. The lowest BCUT2D eigenvalue weighted by Gasteiger charge is -2.06. The Morgan fingerprint density at radius 1 is 1.43 bits per heavy atom. The Morgan fingerprint density at radius 3 is 2.83 bits per heavy atom. The fraction of sp³-hybridized carbons (Fsp3) is 0.231. The van der Waals surface area contributed by atoms with Crippen LogP contribution in [-0.4, -0.2) is 33.6 Å². The zero-order chi connectivity index (χ0) is 17.0. The molecule has 23 heavy (non-hydrogen) atoms. The number of carboxylic acid groups (broad SMARTS) is 1. The molecular formula is C13H10F3N3O3S. The smallest absolute Gasteiger partial charge is 0.416 e. The van der Waals surface area contributed by atoms with Crippen LogP contribution >= 0.6 is 11.8 Å². The summed E-state index contributed by atoms with van der Waals surface area (Å²) in [6.45, 7) is 0. The number of hydrogen-bond donors (Lipinski definition) is 2. The van der Waals surface area contributed by atoms with Crippen LogP contribution in [0.15, 0.2) is 34.5 Å². The molecule has 0 aromatic heterocycles. The predicted molar refractivity (Wildman–Crippen MR) is 78.2 cm³/mol. The number of alkyl halides is 3. The van der Waals surface area contributed by atoms with E-state index in [1.54, 1.807) is 0 Å². The number of benzene rings is 1. The first-order chi connectivity index (χ1) is 10.8. The Bertz CT molecular complexity index is 689. The second-order valence-corrected chi connectivity index (χ2v) is 5.66. The van der Waals surface area contributed by atoms with Crippen LogP contribution in [0.25, 0.3) is 0 Å². The first-order valence-corrected chi connectivity index (χ1v) is 7.11. The van der Waals surface area contributed by atoms with Crippen LogP contribution in [0.5, 0.6) is 0 Å². The van der Waals surface area contributed by atoms with Gasteiger partial charge in [0.25, 0.3) is 0 Å². The van der Waals surface area contributed by atoms with Crippen molar-refractivity contribution in [1.29, 1.82) is 0 Å². The molecule has 1 saturated heterocycles. The number of rotatable bonds is 4. The summed E-state index contributed by atoms with van der Waals surface area (Å²) >= 11 is 0.904. The minimum Gasteiger partial charge on any atom is -0.481 e. The minimum absolute atomic E-state index is 0.101. The lowest BCUT2D eigenvalue weighted by molar-refractivity contribution is -0.138. The number of thioether (sulfide) groups is 1. The number of amides is 1. The molecule has 1 unspecified atom stereocenters. The molecule has 0 bridgehead atoms. The van der Waals surface area contributed by atoms with Crippen LogP contribution in [0.3, 0.4) is 0 Å². The number of carbonyl (C=O) groups excluding carboxylic acids is 1. The number of nitrogens with zero attached hydrogens (tertiary/aromatic N) is 2. The van der Waals surface area contributed by atoms with Crippen molar-refractivity contribution >= 4 is 35.0 Å². The van der Waals surface area contributed by atoms with Gasteiger partial charge in [-0.15, -0.1) is 5.10 Å². The molecule has 0 radical (unpaired) electrons. The molecule has 10 heteroatoms. The summed E-state index contributed by atoms with van der Waals surface area (Å²) in [5, 5.41) is 17.6. The topological polar surface area (TPSA) is 91.1 Å². The van der Waals surface area contributed by atoms with Crippen LogP contribution in [0.4, 0.5) is 13.2 Å². The third-order valence-corrected chi connectivity index (χ3v) is 3.78. The summed E-state index contributed by atoms with van der Waals surface area (Å²) in [6, 6.07) is 4.52. The molecule has 122 valence electrons. The Morgan fingerprint density at radius 2 is 2.17 bits per heavy atom. The van der Waals surface area contributed by atoms with E-state index in [2.05, 4.69) is 15.5 Å². The second-order valence-electron chi connectivity index (χ2n) is 4.47. The molecule has 1 amide bonds. The van der Waals surface area contributed by atoms with Crippen LogP contribution in [-0.2, 0) is 15.8 Å². The Labute approximate surface area is 132 Å². The zero-order valence-corrected chi connectivity index (χ0v) is 12.2. The maximum absolute atomic E-state index is 12.6. The van der Waals surface area contributed by atoms with E-state index >= 15 is 0 Å². The highest BCUT2D eigenvalue weighted by Gasteiger charge is 2.32. The molecule has 1 aliphatic rings. The summed E-state index contributed by atoms with van der Waals surface area (Å²) in [5.74, 6) is -1.61. The first kappa shape index (κ1) is 17.0. The molecule has 2 rings (SSSR count). The molecule has 1 aliphatic heterocycles. The number of carbonyl (C=O) groups is 2. The average Bonchev–Trinajstić information content (AvgIpc) is 2.78. The van der Waals surface area contributed by atoms with Gasteiger partial charge in [0.2, 0.25) is 5.91 Å². The third-order valence-electron chi connectivity index (χ3n) is 2.71. The fourth-order valence-electron chi connectivity index (χ4n) is 1.69. The van der Waals surface area contributed by atoms with Gasteiger partial charge in [-0.3, -0.25) is 9.59 Å². The van der Waals surface area contributed by atoms with Crippen molar-refractivity contribution in [3.63, 3.8) is 0 Å². The summed E-state index contributed by atoms with van der Waals surface area (Å²) in [5.41, 5.74) is -0.611. The van der Waals surface area contributed by atoms with E-state index < -0.39 is 28.9 Å². The Kier molecular flexibility index (Phi) is 5.04. The molecule has 1 aromatic rings. The maximum atomic E-state index is 12.6. The Balaban J connectivity index is 2.04. The van der Waals surface area contributed by atoms with Gasteiger partial charge in [0.05, 0.1) is 18.2 Å². The SMILES string of the molecule is O=C(O)CC1S/C(=N\N=C/c2cccc(C(F)(F)F)c2)NC1=O. The van der Waals surface area contributed by atoms with Gasteiger partial charge in [0.1, 0.15) is 5.25 Å². The van der Waals surface area contributed by atoms with E-state index in [0.29, 0.717) is 0 Å². The van der Waals surface area contributed by atoms with Gasteiger partial charge in [-0.05, 0) is 17.7 Å². The number of carboxylic acids is 1. The Hall–Kier alpha value is -2.36. The van der Waals surface area contributed by atoms with Crippen molar-refractivity contribution in [1.82, 2.24) is 5.32 Å². The summed E-state index contributed by atoms with van der Waals surface area (Å²) in [7, 11) is 0. The van der Waals surface area contributed by atoms with E-state index in [-0.39, 0.29) is 17.2 Å². The van der Waals surface area contributed by atoms with Crippen molar-refractivity contribution in [2.75, 3.05) is 0 Å². The zero-order valence-electron chi connectivity index (χ0n) is 11.4. The molecule has 1 atom stereocenters. The number of nitrogens with one attached hydrogen (secondary N) is 1. The molecule has 1 heterocycles. The van der Waals surface area contributed by atoms with Gasteiger partial charge in [-0.25, -0.2) is 0 Å². The highest BCUT2D eigenvalue weighted by Crippen LogP contribution is 2.29. The maximum Gasteiger partial charge on any atom is 0.416 e. The molecule has 6 nitrogen and oxygen atoms in total. The monoisotopic (exact) mass is 345 g/mol. The van der Waals surface area contributed by atoms with Crippen molar-refractivity contribution in [2.45, 2.75) is 17.8 Å². The molecule has 2 N–H and O–H groups in total. The average molecular weight is 345 g/mol. The molecule has 1 aromatic carbocycles. The molecule has 0 spiro atoms.